The first kappa shape index (κ1) is 17.0. The maximum atomic E-state index is 12.5. The number of benzene rings is 1. The lowest BCUT2D eigenvalue weighted by atomic mass is 9.85. The van der Waals surface area contributed by atoms with Gasteiger partial charge in [-0.25, -0.2) is 0 Å². The molecule has 1 aromatic heterocycles. The van der Waals surface area contributed by atoms with E-state index in [1.54, 1.807) is 24.4 Å². The van der Waals surface area contributed by atoms with Gasteiger partial charge in [-0.1, -0.05) is 11.6 Å². The fraction of sp³-hybridized carbons (Fsp3) is 0.444. The molecule has 5 nitrogen and oxygen atoms in total. The minimum atomic E-state index is -0.186. The molecule has 1 heterocycles. The van der Waals surface area contributed by atoms with E-state index in [0.29, 0.717) is 22.1 Å². The predicted molar refractivity (Wildman–Crippen MR) is 97.6 cm³/mol. The van der Waals surface area contributed by atoms with Crippen LogP contribution in [-0.4, -0.2) is 35.9 Å². The van der Waals surface area contributed by atoms with Gasteiger partial charge in [-0.05, 0) is 63.4 Å². The monoisotopic (exact) mass is 347 g/mol. The molecular weight excluding hydrogens is 326 g/mol. The molecule has 1 aliphatic rings. The van der Waals surface area contributed by atoms with Crippen LogP contribution in [0.1, 0.15) is 25.7 Å². The van der Waals surface area contributed by atoms with Crippen LogP contribution >= 0.6 is 11.6 Å². The molecular formula is C18H22ClN3O2. The summed E-state index contributed by atoms with van der Waals surface area (Å²) in [5.74, 6) is 0.0328. The van der Waals surface area contributed by atoms with Gasteiger partial charge >= 0.3 is 0 Å². The topological polar surface area (TPSA) is 65.2 Å². The van der Waals surface area contributed by atoms with Crippen molar-refractivity contribution in [2.24, 2.45) is 5.92 Å². The number of amides is 1. The summed E-state index contributed by atoms with van der Waals surface area (Å²) in [5.41, 5.74) is 0.379. The summed E-state index contributed by atoms with van der Waals surface area (Å²) in [6.45, 7) is 0. The number of pyridine rings is 1. The number of carbonyl (C=O) groups is 1. The number of rotatable bonds is 3. The Balaban J connectivity index is 1.74. The first-order valence-electron chi connectivity index (χ1n) is 8.24. The van der Waals surface area contributed by atoms with Crippen LogP contribution in [0.5, 0.6) is 0 Å². The largest absolute Gasteiger partial charge is 0.329 e. The fourth-order valence-electron chi connectivity index (χ4n) is 3.39. The smallest absolute Gasteiger partial charge is 0.255 e. The Morgan fingerprint density at radius 1 is 1.25 bits per heavy atom. The Labute approximate surface area is 146 Å². The van der Waals surface area contributed by atoms with Crippen LogP contribution in [0, 0.1) is 5.92 Å². The molecule has 3 rings (SSSR count). The Kier molecular flexibility index (Phi) is 4.92. The third-order valence-corrected chi connectivity index (χ3v) is 5.23. The number of aromatic nitrogens is 1. The van der Waals surface area contributed by atoms with Crippen molar-refractivity contribution < 1.29 is 4.79 Å². The van der Waals surface area contributed by atoms with Gasteiger partial charge < -0.3 is 15.2 Å². The van der Waals surface area contributed by atoms with Crippen molar-refractivity contribution in [1.29, 1.82) is 0 Å². The number of H-pyrrole nitrogens is 1. The lowest BCUT2D eigenvalue weighted by molar-refractivity contribution is -0.121. The Hall–Kier alpha value is -1.85. The molecule has 128 valence electrons. The first-order valence-corrected chi connectivity index (χ1v) is 8.61. The number of anilines is 1. The van der Waals surface area contributed by atoms with Gasteiger partial charge in [-0.15, -0.1) is 0 Å². The minimum absolute atomic E-state index is 0.0123. The van der Waals surface area contributed by atoms with E-state index in [4.69, 9.17) is 11.6 Å². The molecule has 1 aromatic carbocycles. The van der Waals surface area contributed by atoms with E-state index in [1.807, 2.05) is 0 Å². The molecule has 1 amide bonds. The van der Waals surface area contributed by atoms with E-state index in [9.17, 15) is 9.59 Å². The van der Waals surface area contributed by atoms with Crippen molar-refractivity contribution in [3.63, 3.8) is 0 Å². The lowest BCUT2D eigenvalue weighted by Crippen LogP contribution is -2.35. The zero-order valence-corrected chi connectivity index (χ0v) is 14.7. The summed E-state index contributed by atoms with van der Waals surface area (Å²) in [4.78, 5) is 29.2. The van der Waals surface area contributed by atoms with Crippen LogP contribution in [0.2, 0.25) is 5.02 Å². The molecule has 0 saturated heterocycles. The van der Waals surface area contributed by atoms with E-state index < -0.39 is 0 Å². The quantitative estimate of drug-likeness (QED) is 0.895. The second kappa shape index (κ2) is 6.95. The summed E-state index contributed by atoms with van der Waals surface area (Å²) >= 11 is 6.25. The molecule has 2 aromatic rings. The molecule has 1 fully saturated rings. The number of halogens is 1. The second-order valence-electron chi connectivity index (χ2n) is 6.68. The number of aromatic amines is 1. The van der Waals surface area contributed by atoms with Crippen molar-refractivity contribution in [3.05, 3.63) is 39.8 Å². The van der Waals surface area contributed by atoms with E-state index in [-0.39, 0.29) is 17.4 Å². The Morgan fingerprint density at radius 2 is 1.96 bits per heavy atom. The van der Waals surface area contributed by atoms with Crippen LogP contribution in [-0.2, 0) is 4.79 Å². The average molecular weight is 348 g/mol. The van der Waals surface area contributed by atoms with Crippen LogP contribution in [0.25, 0.3) is 10.8 Å². The van der Waals surface area contributed by atoms with Crippen molar-refractivity contribution in [3.8, 4) is 0 Å². The predicted octanol–water partition coefficient (Wildman–Crippen LogP) is 3.24. The van der Waals surface area contributed by atoms with Gasteiger partial charge in [-0.3, -0.25) is 9.59 Å². The van der Waals surface area contributed by atoms with Crippen LogP contribution in [0.15, 0.2) is 29.2 Å². The van der Waals surface area contributed by atoms with Gasteiger partial charge in [0.2, 0.25) is 5.91 Å². The summed E-state index contributed by atoms with van der Waals surface area (Å²) < 4.78 is 0. The fourth-order valence-corrected chi connectivity index (χ4v) is 3.61. The Morgan fingerprint density at radius 3 is 2.62 bits per heavy atom. The SMILES string of the molecule is CN(C)C1CCC(C(=O)Nc2cc3cc[nH]c(=O)c3cc2Cl)CC1. The van der Waals surface area contributed by atoms with Crippen LogP contribution in [0.4, 0.5) is 5.69 Å². The highest BCUT2D eigenvalue weighted by Crippen LogP contribution is 2.30. The second-order valence-corrected chi connectivity index (χ2v) is 7.09. The molecule has 6 heteroatoms. The van der Waals surface area contributed by atoms with Gasteiger partial charge in [0, 0.05) is 23.5 Å². The van der Waals surface area contributed by atoms with Gasteiger partial charge in [0.1, 0.15) is 0 Å². The standard InChI is InChI=1S/C18H22ClN3O2/c1-22(2)13-5-3-11(4-6-13)17(23)21-16-9-12-7-8-20-18(24)14(12)10-15(16)19/h7-11,13H,3-6H2,1-2H3,(H,20,24)(H,21,23). The maximum absolute atomic E-state index is 12.5. The van der Waals surface area contributed by atoms with E-state index in [0.717, 1.165) is 31.1 Å². The molecule has 0 aliphatic heterocycles. The first-order chi connectivity index (χ1) is 11.5. The van der Waals surface area contributed by atoms with Crippen LogP contribution in [0.3, 0.4) is 0 Å². The molecule has 0 radical (unpaired) electrons. The highest BCUT2D eigenvalue weighted by Gasteiger charge is 2.27. The molecule has 0 spiro atoms. The molecule has 24 heavy (non-hydrogen) atoms. The van der Waals surface area contributed by atoms with E-state index >= 15 is 0 Å². The zero-order valence-electron chi connectivity index (χ0n) is 13.9. The highest BCUT2D eigenvalue weighted by atomic mass is 35.5. The number of carbonyl (C=O) groups excluding carboxylic acids is 1. The number of fused-ring (bicyclic) bond motifs is 1. The molecule has 0 unspecified atom stereocenters. The molecule has 2 N–H and O–H groups in total. The third-order valence-electron chi connectivity index (χ3n) is 4.92. The molecule has 0 atom stereocenters. The van der Waals surface area contributed by atoms with Gasteiger partial charge in [0.05, 0.1) is 10.7 Å². The van der Waals surface area contributed by atoms with E-state index in [1.165, 1.54) is 0 Å². The summed E-state index contributed by atoms with van der Waals surface area (Å²) in [6, 6.07) is 5.72. The molecule has 1 aliphatic carbocycles. The van der Waals surface area contributed by atoms with Crippen LogP contribution < -0.4 is 10.9 Å². The number of hydrogen-bond acceptors (Lipinski definition) is 3. The maximum Gasteiger partial charge on any atom is 0.255 e. The molecule has 0 bridgehead atoms. The van der Waals surface area contributed by atoms with Gasteiger partial charge in [0.15, 0.2) is 0 Å². The highest BCUT2D eigenvalue weighted by molar-refractivity contribution is 6.34. The van der Waals surface area contributed by atoms with Crippen molar-refractivity contribution in [2.45, 2.75) is 31.7 Å². The summed E-state index contributed by atoms with van der Waals surface area (Å²) in [7, 11) is 4.17. The zero-order chi connectivity index (χ0) is 17.3. The average Bonchev–Trinajstić information content (AvgIpc) is 2.56. The van der Waals surface area contributed by atoms with Crippen molar-refractivity contribution >= 4 is 34.0 Å². The number of nitrogens with zero attached hydrogens (tertiary/aromatic N) is 1. The lowest BCUT2D eigenvalue weighted by Gasteiger charge is -2.32. The van der Waals surface area contributed by atoms with Crippen molar-refractivity contribution in [2.75, 3.05) is 19.4 Å². The third kappa shape index (κ3) is 3.47. The Bertz CT molecular complexity index is 808. The number of hydrogen-bond donors (Lipinski definition) is 2. The number of nitrogens with one attached hydrogen (secondary N) is 2. The van der Waals surface area contributed by atoms with Gasteiger partial charge in [-0.2, -0.15) is 0 Å². The minimum Gasteiger partial charge on any atom is -0.329 e. The van der Waals surface area contributed by atoms with E-state index in [2.05, 4.69) is 29.3 Å². The van der Waals surface area contributed by atoms with Gasteiger partial charge in [0.25, 0.3) is 5.56 Å². The van der Waals surface area contributed by atoms with Crippen molar-refractivity contribution in [1.82, 2.24) is 9.88 Å². The summed E-state index contributed by atoms with van der Waals surface area (Å²) in [6.07, 6.45) is 5.43. The molecule has 1 saturated carbocycles. The summed E-state index contributed by atoms with van der Waals surface area (Å²) in [5, 5.41) is 4.60. The normalized spacial score (nSPS) is 21.2.